The molecule has 1 aliphatic rings. The molecule has 15 heavy (non-hydrogen) atoms. The summed E-state index contributed by atoms with van der Waals surface area (Å²) in [6.07, 6.45) is 9.62. The third kappa shape index (κ3) is 7.25. The van der Waals surface area contributed by atoms with Gasteiger partial charge in [0.1, 0.15) is 0 Å². The predicted octanol–water partition coefficient (Wildman–Crippen LogP) is -3.97. The minimum absolute atomic E-state index is 0. The van der Waals surface area contributed by atoms with Gasteiger partial charge in [0.2, 0.25) is 0 Å². The molecular formula is C7H5Cl3P4Zr. The third-order valence-corrected chi connectivity index (χ3v) is 9.42. The van der Waals surface area contributed by atoms with Crippen molar-refractivity contribution in [2.75, 3.05) is 0 Å². The van der Waals surface area contributed by atoms with E-state index >= 15 is 0 Å². The van der Waals surface area contributed by atoms with E-state index < -0.39 is 0 Å². The number of hydrogen-bond acceptors (Lipinski definition) is 0. The monoisotopic (exact) mass is 408 g/mol. The molecule has 0 spiro atoms. The minimum atomic E-state index is 0. The first-order chi connectivity index (χ1) is 5.47. The Morgan fingerprint density at radius 1 is 1.13 bits per heavy atom. The average molecular weight is 411 g/mol. The van der Waals surface area contributed by atoms with Gasteiger partial charge in [0, 0.05) is 0 Å². The van der Waals surface area contributed by atoms with Crippen LogP contribution >= 0.6 is 30.8 Å². The van der Waals surface area contributed by atoms with Gasteiger partial charge in [-0.25, -0.2) is 12.2 Å². The summed E-state index contributed by atoms with van der Waals surface area (Å²) in [5.41, 5.74) is 0. The van der Waals surface area contributed by atoms with Crippen molar-refractivity contribution < 1.29 is 63.4 Å². The smallest absolute Gasteiger partial charge is 1.00 e. The Labute approximate surface area is 134 Å². The Balaban J connectivity index is -0.000000360. The Morgan fingerprint density at radius 3 is 2.33 bits per heavy atom. The summed E-state index contributed by atoms with van der Waals surface area (Å²) in [6.45, 7) is 0. The van der Waals surface area contributed by atoms with E-state index in [0.717, 1.165) is 0 Å². The van der Waals surface area contributed by atoms with Crippen molar-refractivity contribution in [3.63, 3.8) is 0 Å². The standard InChI is InChI=1S/C7H5P4.3ClH.Zr/c1-2-4-6(3-1)7-5-8-10-11-9-7;;;;/h1-3,5-6H;3*1H;/q-1;;;;+4/p-3. The molecule has 0 saturated carbocycles. The van der Waals surface area contributed by atoms with Crippen LogP contribution in [-0.2, 0) is 26.2 Å². The van der Waals surface area contributed by atoms with Crippen LogP contribution in [-0.4, -0.2) is 0 Å². The van der Waals surface area contributed by atoms with Crippen LogP contribution in [0.1, 0.15) is 11.2 Å². The topological polar surface area (TPSA) is 0 Å². The molecule has 2 rings (SSSR count). The van der Waals surface area contributed by atoms with Crippen molar-refractivity contribution in [3.8, 4) is 0 Å². The van der Waals surface area contributed by atoms with Crippen molar-refractivity contribution >= 4 is 30.8 Å². The molecule has 1 unspecified atom stereocenters. The molecular weight excluding hydrogens is 406 g/mol. The predicted molar refractivity (Wildman–Crippen MR) is 56.2 cm³/mol. The van der Waals surface area contributed by atoms with E-state index in [2.05, 4.69) is 24.0 Å². The molecule has 1 aromatic heterocycles. The molecule has 1 heterocycles. The Kier molecular flexibility index (Phi) is 18.8. The maximum Gasteiger partial charge on any atom is 4.00 e. The summed E-state index contributed by atoms with van der Waals surface area (Å²) in [7, 11) is 5.98. The summed E-state index contributed by atoms with van der Waals surface area (Å²) in [6, 6.07) is 0. The minimum Gasteiger partial charge on any atom is -1.00 e. The van der Waals surface area contributed by atoms with Gasteiger partial charge in [-0.3, -0.25) is 6.08 Å². The quantitative estimate of drug-likeness (QED) is 0.415. The van der Waals surface area contributed by atoms with E-state index in [0.29, 0.717) is 5.92 Å². The zero-order valence-electron chi connectivity index (χ0n) is 7.31. The van der Waals surface area contributed by atoms with Crippen LogP contribution < -0.4 is 37.2 Å². The Bertz CT molecular complexity index is 294. The summed E-state index contributed by atoms with van der Waals surface area (Å²) >= 11 is 0. The Hall–Kier alpha value is 2.17. The molecule has 1 aliphatic carbocycles. The van der Waals surface area contributed by atoms with E-state index in [9.17, 15) is 0 Å². The molecule has 0 bridgehead atoms. The van der Waals surface area contributed by atoms with Crippen LogP contribution in [0.2, 0.25) is 0 Å². The largest absolute Gasteiger partial charge is 4.00 e. The van der Waals surface area contributed by atoms with Crippen molar-refractivity contribution in [3.05, 3.63) is 35.4 Å². The zero-order valence-corrected chi connectivity index (χ0v) is 15.6. The first kappa shape index (κ1) is 22.4. The molecule has 0 saturated heterocycles. The number of halogens is 3. The van der Waals surface area contributed by atoms with Gasteiger partial charge < -0.3 is 37.2 Å². The fourth-order valence-corrected chi connectivity index (χ4v) is 8.80. The molecule has 0 nitrogen and oxygen atoms in total. The summed E-state index contributed by atoms with van der Waals surface area (Å²) < 4.78 is 0. The third-order valence-electron chi connectivity index (χ3n) is 1.44. The van der Waals surface area contributed by atoms with Crippen molar-refractivity contribution in [1.29, 1.82) is 0 Å². The van der Waals surface area contributed by atoms with Gasteiger partial charge in [-0.2, -0.15) is 6.08 Å². The van der Waals surface area contributed by atoms with E-state index in [1.165, 1.54) is 36.1 Å². The van der Waals surface area contributed by atoms with E-state index in [-0.39, 0.29) is 63.4 Å². The van der Waals surface area contributed by atoms with E-state index in [1.807, 2.05) is 6.08 Å². The number of hydrogen-bond donors (Lipinski definition) is 0. The number of allylic oxidation sites excluding steroid dienone is 4. The number of rotatable bonds is 1. The van der Waals surface area contributed by atoms with Gasteiger partial charge in [-0.05, 0) is 41.9 Å². The summed E-state index contributed by atoms with van der Waals surface area (Å²) in [4.78, 5) is 0. The van der Waals surface area contributed by atoms with Gasteiger partial charge in [-0.15, -0.1) is 0 Å². The second kappa shape index (κ2) is 12.6. The molecule has 0 N–H and O–H groups in total. The van der Waals surface area contributed by atoms with Crippen LogP contribution in [0.25, 0.3) is 0 Å². The molecule has 1 atom stereocenters. The summed E-state index contributed by atoms with van der Waals surface area (Å²) in [5.74, 6) is 2.83. The molecule has 0 aromatic carbocycles. The van der Waals surface area contributed by atoms with Gasteiger partial charge in [0.05, 0.1) is 0 Å². The molecule has 78 valence electrons. The van der Waals surface area contributed by atoms with E-state index in [4.69, 9.17) is 0 Å². The zero-order chi connectivity index (χ0) is 7.52. The van der Waals surface area contributed by atoms with Gasteiger partial charge in [-0.1, -0.05) is 5.92 Å². The molecule has 0 amide bonds. The van der Waals surface area contributed by atoms with Crippen LogP contribution in [0.4, 0.5) is 0 Å². The Morgan fingerprint density at radius 2 is 1.87 bits per heavy atom. The SMILES string of the molecule is [C-]1=CC=CC1c1cpppp1.[Cl-].[Cl-].[Cl-].[Zr+4]. The fourth-order valence-electron chi connectivity index (χ4n) is 0.913. The average Bonchev–Trinajstić information content (AvgIpc) is 2.58. The first-order valence-electron chi connectivity index (χ1n) is 3.24. The van der Waals surface area contributed by atoms with Crippen LogP contribution in [0.15, 0.2) is 24.0 Å². The second-order valence-electron chi connectivity index (χ2n) is 2.14. The normalized spacial score (nSPS) is 17.5. The molecule has 0 radical (unpaired) electrons. The van der Waals surface area contributed by atoms with E-state index in [1.54, 1.807) is 0 Å². The van der Waals surface area contributed by atoms with Gasteiger partial charge in [0.15, 0.2) is 0 Å². The summed E-state index contributed by atoms with van der Waals surface area (Å²) in [5, 5.41) is 1.53. The maximum atomic E-state index is 3.30. The molecule has 0 fully saturated rings. The molecule has 0 aliphatic heterocycles. The van der Waals surface area contributed by atoms with Crippen molar-refractivity contribution in [1.82, 2.24) is 0 Å². The molecule has 8 heteroatoms. The second-order valence-corrected chi connectivity index (χ2v) is 9.29. The van der Waals surface area contributed by atoms with Crippen molar-refractivity contribution in [2.24, 2.45) is 0 Å². The molecule has 1 aromatic rings. The first-order valence-corrected chi connectivity index (χ1v) is 9.00. The fraction of sp³-hybridized carbons (Fsp3) is 0.143. The van der Waals surface area contributed by atoms with Crippen LogP contribution in [0, 0.1) is 6.08 Å². The van der Waals surface area contributed by atoms with Crippen LogP contribution in [0.3, 0.4) is 0 Å². The van der Waals surface area contributed by atoms with Gasteiger partial charge >= 0.3 is 26.2 Å². The maximum absolute atomic E-state index is 3.30. The van der Waals surface area contributed by atoms with Crippen LogP contribution in [0.5, 0.6) is 0 Å². The van der Waals surface area contributed by atoms with Crippen molar-refractivity contribution in [2.45, 2.75) is 5.92 Å². The van der Waals surface area contributed by atoms with Gasteiger partial charge in [0.25, 0.3) is 0 Å².